The Morgan fingerprint density at radius 1 is 1.17 bits per heavy atom. The van der Waals surface area contributed by atoms with E-state index in [9.17, 15) is 9.59 Å². The van der Waals surface area contributed by atoms with E-state index in [0.29, 0.717) is 12.8 Å². The molecule has 2 unspecified atom stereocenters. The second-order valence-electron chi connectivity index (χ2n) is 5.20. The van der Waals surface area contributed by atoms with Crippen LogP contribution in [0.25, 0.3) is 6.08 Å². The zero-order chi connectivity index (χ0) is 12.7. The van der Waals surface area contributed by atoms with Gasteiger partial charge in [0.1, 0.15) is 5.78 Å². The second kappa shape index (κ2) is 4.20. The molecule has 1 fully saturated rings. The van der Waals surface area contributed by atoms with Gasteiger partial charge < -0.3 is 0 Å². The van der Waals surface area contributed by atoms with Crippen LogP contribution in [0.5, 0.6) is 0 Å². The predicted molar refractivity (Wildman–Crippen MR) is 70.0 cm³/mol. The molecule has 1 saturated carbocycles. The van der Waals surface area contributed by atoms with Crippen molar-refractivity contribution >= 4 is 17.6 Å². The van der Waals surface area contributed by atoms with Crippen LogP contribution in [-0.2, 0) is 16.0 Å². The van der Waals surface area contributed by atoms with Gasteiger partial charge in [-0.25, -0.2) is 0 Å². The van der Waals surface area contributed by atoms with Gasteiger partial charge in [-0.3, -0.25) is 9.59 Å². The van der Waals surface area contributed by atoms with Crippen molar-refractivity contribution in [3.8, 4) is 0 Å². The first-order valence-electron chi connectivity index (χ1n) is 6.57. The van der Waals surface area contributed by atoms with Gasteiger partial charge in [0.15, 0.2) is 5.78 Å². The van der Waals surface area contributed by atoms with E-state index in [0.717, 1.165) is 17.6 Å². The standard InChI is InChI=1S/C16H16O2/c1-2-13-15(17)9-12-7-10-5-3-4-6-11(10)8-14(12)16(13)18/h3-6,8,12-13H,2,7,9H2,1H3. The highest BCUT2D eigenvalue weighted by Gasteiger charge is 2.39. The van der Waals surface area contributed by atoms with E-state index >= 15 is 0 Å². The lowest BCUT2D eigenvalue weighted by Gasteiger charge is -2.32. The van der Waals surface area contributed by atoms with Crippen molar-refractivity contribution < 1.29 is 9.59 Å². The molecule has 0 heterocycles. The third-order valence-corrected chi connectivity index (χ3v) is 4.12. The maximum absolute atomic E-state index is 12.3. The van der Waals surface area contributed by atoms with Gasteiger partial charge in [0.2, 0.25) is 0 Å². The fraction of sp³-hybridized carbons (Fsp3) is 0.375. The average Bonchev–Trinajstić information content (AvgIpc) is 2.37. The van der Waals surface area contributed by atoms with Crippen LogP contribution >= 0.6 is 0 Å². The molecule has 0 amide bonds. The zero-order valence-corrected chi connectivity index (χ0v) is 10.5. The van der Waals surface area contributed by atoms with E-state index in [1.807, 2.05) is 31.2 Å². The van der Waals surface area contributed by atoms with Gasteiger partial charge in [-0.2, -0.15) is 0 Å². The predicted octanol–water partition coefficient (Wildman–Crippen LogP) is 2.81. The fourth-order valence-electron chi connectivity index (χ4n) is 3.12. The Morgan fingerprint density at radius 2 is 1.94 bits per heavy atom. The third kappa shape index (κ3) is 1.64. The van der Waals surface area contributed by atoms with E-state index in [-0.39, 0.29) is 17.5 Å². The van der Waals surface area contributed by atoms with Crippen LogP contribution < -0.4 is 0 Å². The molecule has 2 atom stereocenters. The summed E-state index contributed by atoms with van der Waals surface area (Å²) in [7, 11) is 0. The van der Waals surface area contributed by atoms with E-state index in [1.165, 1.54) is 5.56 Å². The number of benzene rings is 1. The molecule has 0 radical (unpaired) electrons. The lowest BCUT2D eigenvalue weighted by atomic mass is 9.70. The van der Waals surface area contributed by atoms with Crippen molar-refractivity contribution in [1.82, 2.24) is 0 Å². The number of hydrogen-bond acceptors (Lipinski definition) is 2. The number of carbonyl (C=O) groups is 2. The van der Waals surface area contributed by atoms with Crippen molar-refractivity contribution in [2.75, 3.05) is 0 Å². The molecule has 3 rings (SSSR count). The van der Waals surface area contributed by atoms with E-state index in [1.54, 1.807) is 0 Å². The number of Topliss-reactive ketones (excluding diaryl/α,β-unsaturated/α-hetero) is 2. The number of ketones is 2. The quantitative estimate of drug-likeness (QED) is 0.707. The highest BCUT2D eigenvalue weighted by Crippen LogP contribution is 2.37. The molecule has 1 aromatic carbocycles. The number of hydrogen-bond donors (Lipinski definition) is 0. The fourth-order valence-corrected chi connectivity index (χ4v) is 3.12. The first-order valence-corrected chi connectivity index (χ1v) is 6.57. The summed E-state index contributed by atoms with van der Waals surface area (Å²) in [6.07, 6.45) is 3.99. The van der Waals surface area contributed by atoms with Crippen LogP contribution in [0, 0.1) is 11.8 Å². The summed E-state index contributed by atoms with van der Waals surface area (Å²) in [6, 6.07) is 8.14. The van der Waals surface area contributed by atoms with Gasteiger partial charge in [-0.05, 0) is 36.0 Å². The van der Waals surface area contributed by atoms with Crippen LogP contribution in [-0.4, -0.2) is 11.6 Å². The molecule has 0 aromatic heterocycles. The minimum Gasteiger partial charge on any atom is -0.299 e. The molecule has 92 valence electrons. The summed E-state index contributed by atoms with van der Waals surface area (Å²) in [4.78, 5) is 24.3. The first-order chi connectivity index (χ1) is 8.70. The molecule has 0 N–H and O–H groups in total. The Bertz CT molecular complexity index is 554. The van der Waals surface area contributed by atoms with Gasteiger partial charge in [-0.1, -0.05) is 31.2 Å². The van der Waals surface area contributed by atoms with Crippen LogP contribution in [0.4, 0.5) is 0 Å². The minimum absolute atomic E-state index is 0.0632. The van der Waals surface area contributed by atoms with Crippen molar-refractivity contribution in [1.29, 1.82) is 0 Å². The first kappa shape index (κ1) is 11.4. The molecule has 0 bridgehead atoms. The molecule has 18 heavy (non-hydrogen) atoms. The number of allylic oxidation sites excluding steroid dienone is 1. The highest BCUT2D eigenvalue weighted by atomic mass is 16.2. The monoisotopic (exact) mass is 240 g/mol. The summed E-state index contributed by atoms with van der Waals surface area (Å²) >= 11 is 0. The zero-order valence-electron chi connectivity index (χ0n) is 10.5. The van der Waals surface area contributed by atoms with Gasteiger partial charge in [-0.15, -0.1) is 0 Å². The van der Waals surface area contributed by atoms with Crippen LogP contribution in [0.15, 0.2) is 29.8 Å². The summed E-state index contributed by atoms with van der Waals surface area (Å²) in [5.74, 6) is -0.0854. The number of rotatable bonds is 1. The van der Waals surface area contributed by atoms with Crippen LogP contribution in [0.1, 0.15) is 30.9 Å². The normalized spacial score (nSPS) is 26.4. The lowest BCUT2D eigenvalue weighted by molar-refractivity contribution is -0.134. The van der Waals surface area contributed by atoms with Crippen molar-refractivity contribution in [2.24, 2.45) is 11.8 Å². The molecule has 1 aromatic rings. The maximum Gasteiger partial charge on any atom is 0.169 e. The summed E-state index contributed by atoms with van der Waals surface area (Å²) < 4.78 is 0. The summed E-state index contributed by atoms with van der Waals surface area (Å²) in [5.41, 5.74) is 3.27. The summed E-state index contributed by atoms with van der Waals surface area (Å²) in [6.45, 7) is 1.91. The van der Waals surface area contributed by atoms with E-state index in [4.69, 9.17) is 0 Å². The topological polar surface area (TPSA) is 34.1 Å². The largest absolute Gasteiger partial charge is 0.299 e. The van der Waals surface area contributed by atoms with Crippen LogP contribution in [0.3, 0.4) is 0 Å². The Kier molecular flexibility index (Phi) is 2.66. The Balaban J connectivity index is 2.05. The van der Waals surface area contributed by atoms with Crippen molar-refractivity contribution in [3.63, 3.8) is 0 Å². The SMILES string of the molecule is CCC1C(=O)CC2Cc3ccccc3C=C2C1=O. The molecular formula is C16H16O2. The van der Waals surface area contributed by atoms with Crippen molar-refractivity contribution in [3.05, 3.63) is 41.0 Å². The molecule has 0 spiro atoms. The lowest BCUT2D eigenvalue weighted by Crippen LogP contribution is -2.37. The molecule has 2 heteroatoms. The van der Waals surface area contributed by atoms with Gasteiger partial charge in [0, 0.05) is 12.0 Å². The Labute approximate surface area is 107 Å². The van der Waals surface area contributed by atoms with Crippen LogP contribution in [0.2, 0.25) is 0 Å². The molecule has 2 nitrogen and oxygen atoms in total. The van der Waals surface area contributed by atoms with E-state index in [2.05, 4.69) is 6.07 Å². The maximum atomic E-state index is 12.3. The summed E-state index contributed by atoms with van der Waals surface area (Å²) in [5, 5.41) is 0. The molecule has 0 saturated heterocycles. The highest BCUT2D eigenvalue weighted by molar-refractivity contribution is 6.15. The smallest absolute Gasteiger partial charge is 0.169 e. The molecule has 0 aliphatic heterocycles. The average molecular weight is 240 g/mol. The molecule has 2 aliphatic rings. The van der Waals surface area contributed by atoms with Gasteiger partial charge >= 0.3 is 0 Å². The van der Waals surface area contributed by atoms with Gasteiger partial charge in [0.05, 0.1) is 5.92 Å². The number of carbonyl (C=O) groups excluding carboxylic acids is 2. The van der Waals surface area contributed by atoms with Crippen molar-refractivity contribution in [2.45, 2.75) is 26.2 Å². The Hall–Kier alpha value is -1.70. The minimum atomic E-state index is -0.391. The Morgan fingerprint density at radius 3 is 2.72 bits per heavy atom. The van der Waals surface area contributed by atoms with Gasteiger partial charge in [0.25, 0.3) is 0 Å². The number of fused-ring (bicyclic) bond motifs is 2. The molecular weight excluding hydrogens is 224 g/mol. The van der Waals surface area contributed by atoms with E-state index < -0.39 is 5.92 Å². The second-order valence-corrected chi connectivity index (χ2v) is 5.20. The third-order valence-electron chi connectivity index (χ3n) is 4.12. The molecule has 2 aliphatic carbocycles.